The van der Waals surface area contributed by atoms with E-state index in [0.717, 1.165) is 0 Å². The molecular weight excluding hydrogens is 85.0 g/mol. The van der Waals surface area contributed by atoms with E-state index in [4.69, 9.17) is 10.2 Å². The van der Waals surface area contributed by atoms with Gasteiger partial charge in [-0.05, 0) is 6.92 Å². The van der Waals surface area contributed by atoms with Gasteiger partial charge in [-0.3, -0.25) is 0 Å². The normalized spacial score (nSPS) is 13.7. The van der Waals surface area contributed by atoms with Gasteiger partial charge < -0.3 is 10.2 Å². The molecular formula is C3H6O3. The van der Waals surface area contributed by atoms with Crippen LogP contribution in [0.25, 0.3) is 0 Å². The molecule has 0 aromatic carbocycles. The maximum atomic E-state index is 9.45. The first kappa shape index (κ1) is 5.43. The lowest BCUT2D eigenvalue weighted by atomic mass is 10.6. The highest BCUT2D eigenvalue weighted by molar-refractivity contribution is 5.71. The van der Waals surface area contributed by atoms with Crippen molar-refractivity contribution in [2.24, 2.45) is 0 Å². The third-order valence-electron chi connectivity index (χ3n) is 0.357. The molecule has 0 unspecified atom stereocenters. The number of aliphatic hydroxyl groups excluding tert-OH is 1. The van der Waals surface area contributed by atoms with Gasteiger partial charge in [0, 0.05) is 0 Å². The van der Waals surface area contributed by atoms with Crippen LogP contribution < -0.4 is 0 Å². The number of hydrogen-bond donors (Lipinski definition) is 2. The summed E-state index contributed by atoms with van der Waals surface area (Å²) in [7, 11) is 0. The van der Waals surface area contributed by atoms with Crippen LogP contribution in [-0.4, -0.2) is 22.3 Å². The van der Waals surface area contributed by atoms with Gasteiger partial charge in [0.05, 0.1) is 0 Å². The van der Waals surface area contributed by atoms with E-state index >= 15 is 0 Å². The Morgan fingerprint density at radius 3 is 2.00 bits per heavy atom. The molecule has 0 aliphatic rings. The standard InChI is InChI=1S/C3H6O3/c1-2(4)3(5)6/h2,4H,1H3,(H,5,6)/t2-/m1/s1/i1+1. The van der Waals surface area contributed by atoms with Crippen molar-refractivity contribution in [1.29, 1.82) is 0 Å². The van der Waals surface area contributed by atoms with Gasteiger partial charge in [0.2, 0.25) is 0 Å². The van der Waals surface area contributed by atoms with Crippen molar-refractivity contribution < 1.29 is 15.0 Å². The summed E-state index contributed by atoms with van der Waals surface area (Å²) in [5.41, 5.74) is 0. The van der Waals surface area contributed by atoms with Crippen molar-refractivity contribution >= 4 is 5.97 Å². The summed E-state index contributed by atoms with van der Waals surface area (Å²) in [5, 5.41) is 15.8. The monoisotopic (exact) mass is 91.0 g/mol. The summed E-state index contributed by atoms with van der Waals surface area (Å²) in [6.07, 6.45) is -1.23. The van der Waals surface area contributed by atoms with Gasteiger partial charge in [-0.1, -0.05) is 0 Å². The molecule has 0 aliphatic heterocycles. The zero-order valence-electron chi connectivity index (χ0n) is 3.38. The van der Waals surface area contributed by atoms with E-state index in [1.807, 2.05) is 0 Å². The molecule has 6 heavy (non-hydrogen) atoms. The van der Waals surface area contributed by atoms with Crippen molar-refractivity contribution in [3.05, 3.63) is 0 Å². The van der Waals surface area contributed by atoms with E-state index in [9.17, 15) is 4.79 Å². The molecule has 36 valence electrons. The van der Waals surface area contributed by atoms with Crippen LogP contribution in [0, 0.1) is 0 Å². The van der Waals surface area contributed by atoms with Crippen LogP contribution in [0.2, 0.25) is 0 Å². The molecule has 0 fully saturated rings. The first-order valence-corrected chi connectivity index (χ1v) is 1.55. The van der Waals surface area contributed by atoms with Gasteiger partial charge in [0.1, 0.15) is 6.10 Å². The van der Waals surface area contributed by atoms with Crippen LogP contribution in [0.1, 0.15) is 6.92 Å². The molecule has 0 saturated heterocycles. The highest BCUT2D eigenvalue weighted by atomic mass is 16.4. The van der Waals surface area contributed by atoms with E-state index in [-0.39, 0.29) is 0 Å². The summed E-state index contributed by atoms with van der Waals surface area (Å²) in [6, 6.07) is 0. The molecule has 0 rings (SSSR count). The lowest BCUT2D eigenvalue weighted by molar-refractivity contribution is -0.145. The molecule has 0 aromatic rings. The maximum Gasteiger partial charge on any atom is 0.332 e. The second-order valence-corrected chi connectivity index (χ2v) is 1.01. The van der Waals surface area contributed by atoms with Crippen molar-refractivity contribution in [1.82, 2.24) is 0 Å². The van der Waals surface area contributed by atoms with Crippen LogP contribution in [-0.2, 0) is 4.79 Å². The Bertz CT molecular complexity index is 57.1. The first-order valence-electron chi connectivity index (χ1n) is 1.55. The van der Waals surface area contributed by atoms with Crippen molar-refractivity contribution in [2.45, 2.75) is 13.0 Å². The fourth-order valence-electron chi connectivity index (χ4n) is 0. The molecule has 0 heterocycles. The minimum Gasteiger partial charge on any atom is -0.479 e. The third kappa shape index (κ3) is 1.72. The summed E-state index contributed by atoms with van der Waals surface area (Å²) in [6.45, 7) is 1.20. The van der Waals surface area contributed by atoms with Crippen LogP contribution in [0.15, 0.2) is 0 Å². The van der Waals surface area contributed by atoms with Gasteiger partial charge >= 0.3 is 5.97 Å². The molecule has 2 N–H and O–H groups in total. The molecule has 0 saturated carbocycles. The number of carboxylic acids is 1. The average molecular weight is 91.1 g/mol. The van der Waals surface area contributed by atoms with Crippen molar-refractivity contribution in [3.8, 4) is 0 Å². The predicted molar refractivity (Wildman–Crippen MR) is 19.3 cm³/mol. The Balaban J connectivity index is 3.26. The SMILES string of the molecule is [13CH3][C@@H](O)C(=O)O. The highest BCUT2D eigenvalue weighted by Gasteiger charge is 2.01. The predicted octanol–water partition coefficient (Wildman–Crippen LogP) is -0.548. The number of hydrogen-bond acceptors (Lipinski definition) is 2. The molecule has 1 atom stereocenters. The molecule has 0 radical (unpaired) electrons. The molecule has 0 aliphatic carbocycles. The van der Waals surface area contributed by atoms with E-state index in [0.29, 0.717) is 0 Å². The quantitative estimate of drug-likeness (QED) is 0.426. The fraction of sp³-hybridized carbons (Fsp3) is 0.667. The largest absolute Gasteiger partial charge is 0.479 e. The minimum absolute atomic E-state index is 1.19. The zero-order chi connectivity index (χ0) is 5.15. The lowest BCUT2D eigenvalue weighted by Gasteiger charge is -1.89. The Hall–Kier alpha value is -0.570. The summed E-state index contributed by atoms with van der Waals surface area (Å²) in [4.78, 5) is 9.45. The topological polar surface area (TPSA) is 57.5 Å². The lowest BCUT2D eigenvalue weighted by Crippen LogP contribution is -2.13. The van der Waals surface area contributed by atoms with Crippen molar-refractivity contribution in [3.63, 3.8) is 0 Å². The molecule has 0 bridgehead atoms. The van der Waals surface area contributed by atoms with E-state index in [1.54, 1.807) is 0 Å². The van der Waals surface area contributed by atoms with Gasteiger partial charge in [0.15, 0.2) is 0 Å². The number of aliphatic carboxylic acids is 1. The van der Waals surface area contributed by atoms with Gasteiger partial charge in [-0.2, -0.15) is 0 Å². The Morgan fingerprint density at radius 2 is 2.00 bits per heavy atom. The minimum atomic E-state index is -1.23. The Kier molecular flexibility index (Phi) is 1.60. The number of aliphatic hydroxyl groups is 1. The van der Waals surface area contributed by atoms with Gasteiger partial charge in [-0.25, -0.2) is 4.79 Å². The van der Waals surface area contributed by atoms with E-state index < -0.39 is 12.1 Å². The second kappa shape index (κ2) is 1.77. The molecule has 0 aromatic heterocycles. The highest BCUT2D eigenvalue weighted by Crippen LogP contribution is 1.73. The summed E-state index contributed by atoms with van der Waals surface area (Å²) < 4.78 is 0. The second-order valence-electron chi connectivity index (χ2n) is 1.01. The van der Waals surface area contributed by atoms with Crippen LogP contribution in [0.4, 0.5) is 0 Å². The molecule has 3 nitrogen and oxygen atoms in total. The van der Waals surface area contributed by atoms with Crippen LogP contribution in [0.5, 0.6) is 0 Å². The molecule has 3 heteroatoms. The van der Waals surface area contributed by atoms with Gasteiger partial charge in [-0.15, -0.1) is 0 Å². The fourth-order valence-corrected chi connectivity index (χ4v) is 0. The van der Waals surface area contributed by atoms with E-state index in [2.05, 4.69) is 0 Å². The Labute approximate surface area is 35.2 Å². The summed E-state index contributed by atoms with van der Waals surface area (Å²) >= 11 is 0. The van der Waals surface area contributed by atoms with Gasteiger partial charge in [0.25, 0.3) is 0 Å². The van der Waals surface area contributed by atoms with Crippen molar-refractivity contribution in [2.75, 3.05) is 0 Å². The zero-order valence-corrected chi connectivity index (χ0v) is 3.38. The maximum absolute atomic E-state index is 9.45. The third-order valence-corrected chi connectivity index (χ3v) is 0.357. The first-order chi connectivity index (χ1) is 2.64. The summed E-state index contributed by atoms with van der Waals surface area (Å²) in [5.74, 6) is -1.19. The Morgan fingerprint density at radius 1 is 1.83 bits per heavy atom. The van der Waals surface area contributed by atoms with Crippen LogP contribution in [0.3, 0.4) is 0 Å². The molecule has 0 amide bonds. The number of carboxylic acid groups (broad SMARTS) is 1. The van der Waals surface area contributed by atoms with E-state index in [1.165, 1.54) is 6.92 Å². The number of carbonyl (C=O) groups is 1. The molecule has 0 spiro atoms. The van der Waals surface area contributed by atoms with Crippen LogP contribution >= 0.6 is 0 Å². The number of rotatable bonds is 1. The smallest absolute Gasteiger partial charge is 0.332 e. The average Bonchev–Trinajstić information content (AvgIpc) is 1.36.